The summed E-state index contributed by atoms with van der Waals surface area (Å²) >= 11 is 0. The molecule has 0 N–H and O–H groups in total. The van der Waals surface area contributed by atoms with E-state index in [2.05, 4.69) is 15.1 Å². The number of nitrogens with zero attached hydrogens (tertiary/aromatic N) is 5. The van der Waals surface area contributed by atoms with Crippen LogP contribution in [0.3, 0.4) is 0 Å². The lowest BCUT2D eigenvalue weighted by Gasteiger charge is -2.32. The highest BCUT2D eigenvalue weighted by atomic mass is 16.3. The molecule has 0 spiro atoms. The summed E-state index contributed by atoms with van der Waals surface area (Å²) in [5.74, 6) is 2.27. The highest BCUT2D eigenvalue weighted by Crippen LogP contribution is 2.24. The largest absolute Gasteiger partial charge is 0.448 e. The Bertz CT molecular complexity index is 675. The van der Waals surface area contributed by atoms with Crippen molar-refractivity contribution in [1.82, 2.24) is 24.6 Å². The highest BCUT2D eigenvalue weighted by molar-refractivity contribution is 5.93. The van der Waals surface area contributed by atoms with E-state index in [4.69, 9.17) is 4.42 Å². The van der Waals surface area contributed by atoms with Crippen LogP contribution in [0.25, 0.3) is 0 Å². The summed E-state index contributed by atoms with van der Waals surface area (Å²) in [5, 5.41) is 4.46. The van der Waals surface area contributed by atoms with Crippen molar-refractivity contribution < 1.29 is 9.21 Å². The van der Waals surface area contributed by atoms with Gasteiger partial charge in [0.2, 0.25) is 0 Å². The molecule has 7 heteroatoms. The number of hydrogen-bond acceptors (Lipinski definition) is 5. The molecule has 0 bridgehead atoms. The lowest BCUT2D eigenvalue weighted by Crippen LogP contribution is -2.41. The van der Waals surface area contributed by atoms with Gasteiger partial charge in [-0.05, 0) is 26.7 Å². The third kappa shape index (κ3) is 2.63. The maximum atomic E-state index is 12.7. The first-order valence-electron chi connectivity index (χ1n) is 7.71. The van der Waals surface area contributed by atoms with E-state index in [-0.39, 0.29) is 11.9 Å². The number of carbonyl (C=O) groups excluding carboxylic acids is 1. The molecule has 2 aromatic rings. The number of amides is 1. The van der Waals surface area contributed by atoms with Crippen LogP contribution in [0.1, 0.15) is 53.7 Å². The van der Waals surface area contributed by atoms with Gasteiger partial charge in [-0.2, -0.15) is 5.10 Å². The topological polar surface area (TPSA) is 77.0 Å². The molecule has 3 rings (SSSR count). The molecule has 22 heavy (non-hydrogen) atoms. The average molecular weight is 303 g/mol. The number of hydrogen-bond donors (Lipinski definition) is 0. The van der Waals surface area contributed by atoms with Crippen LogP contribution >= 0.6 is 0 Å². The fraction of sp³-hybridized carbons (Fsp3) is 0.600. The summed E-state index contributed by atoms with van der Waals surface area (Å²) < 4.78 is 7.22. The van der Waals surface area contributed by atoms with E-state index in [0.29, 0.717) is 24.4 Å². The molecular formula is C15H21N5O2. The van der Waals surface area contributed by atoms with E-state index < -0.39 is 0 Å². The predicted octanol–water partition coefficient (Wildman–Crippen LogP) is 1.92. The second kappa shape index (κ2) is 5.90. The van der Waals surface area contributed by atoms with Crippen molar-refractivity contribution in [1.29, 1.82) is 0 Å². The maximum absolute atomic E-state index is 12.7. The van der Waals surface area contributed by atoms with Gasteiger partial charge in [-0.25, -0.2) is 14.6 Å². The number of aromatic nitrogens is 4. The minimum absolute atomic E-state index is 0.0511. The fourth-order valence-electron chi connectivity index (χ4n) is 3.07. The van der Waals surface area contributed by atoms with E-state index in [1.165, 1.54) is 6.39 Å². The smallest absolute Gasteiger partial charge is 0.276 e. The molecule has 7 nitrogen and oxygen atoms in total. The molecule has 2 aromatic heterocycles. The Labute approximate surface area is 129 Å². The molecule has 0 aromatic carbocycles. The van der Waals surface area contributed by atoms with Gasteiger partial charge >= 0.3 is 0 Å². The van der Waals surface area contributed by atoms with E-state index in [1.807, 2.05) is 30.4 Å². The number of carbonyl (C=O) groups is 1. The van der Waals surface area contributed by atoms with Gasteiger partial charge in [-0.3, -0.25) is 4.79 Å². The summed E-state index contributed by atoms with van der Waals surface area (Å²) in [5.41, 5.74) is 0.439. The Morgan fingerprint density at radius 1 is 1.45 bits per heavy atom. The van der Waals surface area contributed by atoms with Crippen LogP contribution in [0.2, 0.25) is 0 Å². The minimum atomic E-state index is -0.0511. The predicted molar refractivity (Wildman–Crippen MR) is 79.6 cm³/mol. The minimum Gasteiger partial charge on any atom is -0.448 e. The monoisotopic (exact) mass is 303 g/mol. The zero-order valence-corrected chi connectivity index (χ0v) is 13.2. The Morgan fingerprint density at radius 3 is 2.95 bits per heavy atom. The SMILES string of the molecule is CCc1ocnc1C(=O)N1CCC[C@@H](n2nc(C)nc2C)C1. The molecule has 118 valence electrons. The average Bonchev–Trinajstić information content (AvgIpc) is 3.12. The van der Waals surface area contributed by atoms with Crippen LogP contribution in [-0.2, 0) is 6.42 Å². The normalized spacial score (nSPS) is 18.7. The standard InChI is InChI=1S/C15H21N5O2/c1-4-13-14(16-9-22-13)15(21)19-7-5-6-12(8-19)20-11(3)17-10(2)18-20/h9,12H,4-8H2,1-3H3/t12-/m1/s1. The molecule has 1 amide bonds. The van der Waals surface area contributed by atoms with Crippen molar-refractivity contribution in [3.05, 3.63) is 29.5 Å². The Hall–Kier alpha value is -2.18. The maximum Gasteiger partial charge on any atom is 0.276 e. The number of piperidine rings is 1. The Balaban J connectivity index is 1.78. The second-order valence-electron chi connectivity index (χ2n) is 5.68. The molecule has 1 saturated heterocycles. The van der Waals surface area contributed by atoms with Crippen LogP contribution in [-0.4, -0.2) is 43.6 Å². The first-order chi connectivity index (χ1) is 10.6. The van der Waals surface area contributed by atoms with Gasteiger partial charge in [0.15, 0.2) is 12.1 Å². The van der Waals surface area contributed by atoms with Crippen molar-refractivity contribution in [3.63, 3.8) is 0 Å². The molecule has 0 radical (unpaired) electrons. The zero-order valence-electron chi connectivity index (χ0n) is 13.2. The summed E-state index contributed by atoms with van der Waals surface area (Å²) in [6.45, 7) is 7.18. The fourth-order valence-corrected chi connectivity index (χ4v) is 3.07. The zero-order chi connectivity index (χ0) is 15.7. The van der Waals surface area contributed by atoms with Crippen molar-refractivity contribution >= 4 is 5.91 Å². The lowest BCUT2D eigenvalue weighted by atomic mass is 10.1. The molecule has 1 aliphatic rings. The molecule has 1 aliphatic heterocycles. The first kappa shape index (κ1) is 14.7. The molecular weight excluding hydrogens is 282 g/mol. The Morgan fingerprint density at radius 2 is 2.27 bits per heavy atom. The number of oxazole rings is 1. The van der Waals surface area contributed by atoms with Gasteiger partial charge in [0.05, 0.1) is 6.04 Å². The molecule has 1 fully saturated rings. The van der Waals surface area contributed by atoms with E-state index in [9.17, 15) is 4.79 Å². The first-order valence-corrected chi connectivity index (χ1v) is 7.71. The van der Waals surface area contributed by atoms with Gasteiger partial charge in [-0.15, -0.1) is 0 Å². The third-order valence-corrected chi connectivity index (χ3v) is 4.10. The van der Waals surface area contributed by atoms with Gasteiger partial charge in [-0.1, -0.05) is 6.92 Å². The van der Waals surface area contributed by atoms with Crippen LogP contribution in [0.4, 0.5) is 0 Å². The molecule has 0 unspecified atom stereocenters. The molecule has 0 aliphatic carbocycles. The molecule has 1 atom stereocenters. The van der Waals surface area contributed by atoms with Crippen molar-refractivity contribution in [2.45, 2.75) is 46.1 Å². The number of aryl methyl sites for hydroxylation is 3. The van der Waals surface area contributed by atoms with Crippen LogP contribution in [0.15, 0.2) is 10.8 Å². The lowest BCUT2D eigenvalue weighted by molar-refractivity contribution is 0.0663. The quantitative estimate of drug-likeness (QED) is 0.865. The van der Waals surface area contributed by atoms with Gasteiger partial charge in [0.25, 0.3) is 5.91 Å². The highest BCUT2D eigenvalue weighted by Gasteiger charge is 2.29. The van der Waals surface area contributed by atoms with Crippen LogP contribution in [0.5, 0.6) is 0 Å². The number of rotatable bonds is 3. The van der Waals surface area contributed by atoms with Crippen LogP contribution < -0.4 is 0 Å². The molecule has 3 heterocycles. The Kier molecular flexibility index (Phi) is 3.96. The summed E-state index contributed by atoms with van der Waals surface area (Å²) in [6, 6.07) is 0.177. The van der Waals surface area contributed by atoms with Crippen molar-refractivity contribution in [3.8, 4) is 0 Å². The van der Waals surface area contributed by atoms with E-state index in [1.54, 1.807) is 0 Å². The third-order valence-electron chi connectivity index (χ3n) is 4.10. The second-order valence-corrected chi connectivity index (χ2v) is 5.68. The summed E-state index contributed by atoms with van der Waals surface area (Å²) in [7, 11) is 0. The van der Waals surface area contributed by atoms with Gasteiger partial charge in [0.1, 0.15) is 17.4 Å². The summed E-state index contributed by atoms with van der Waals surface area (Å²) in [6.07, 6.45) is 3.97. The number of likely N-dealkylation sites (tertiary alicyclic amines) is 1. The molecule has 0 saturated carbocycles. The van der Waals surface area contributed by atoms with Crippen LogP contribution in [0, 0.1) is 13.8 Å². The van der Waals surface area contributed by atoms with Crippen molar-refractivity contribution in [2.75, 3.05) is 13.1 Å². The van der Waals surface area contributed by atoms with E-state index in [0.717, 1.165) is 31.0 Å². The van der Waals surface area contributed by atoms with Gasteiger partial charge in [0, 0.05) is 19.5 Å². The van der Waals surface area contributed by atoms with Gasteiger partial charge < -0.3 is 9.32 Å². The van der Waals surface area contributed by atoms with Crippen molar-refractivity contribution in [2.24, 2.45) is 0 Å². The summed E-state index contributed by atoms with van der Waals surface area (Å²) in [4.78, 5) is 23.0. The van der Waals surface area contributed by atoms with E-state index >= 15 is 0 Å².